The zero-order valence-corrected chi connectivity index (χ0v) is 16.7. The first kappa shape index (κ1) is 20.8. The average molecular weight is 370 g/mol. The van der Waals surface area contributed by atoms with Crippen molar-refractivity contribution in [3.05, 3.63) is 59.2 Å². The van der Waals surface area contributed by atoms with Gasteiger partial charge in [0.05, 0.1) is 20.6 Å². The van der Waals surface area contributed by atoms with E-state index in [1.54, 1.807) is 14.2 Å². The Morgan fingerprint density at radius 1 is 0.963 bits per heavy atom. The van der Waals surface area contributed by atoms with E-state index >= 15 is 0 Å². The predicted molar refractivity (Wildman–Crippen MR) is 108 cm³/mol. The average Bonchev–Trinajstić information content (AvgIpc) is 2.71. The first-order valence-corrected chi connectivity index (χ1v) is 9.37. The van der Waals surface area contributed by atoms with E-state index in [1.165, 1.54) is 5.56 Å². The monoisotopic (exact) mass is 370 g/mol. The molecule has 0 bridgehead atoms. The largest absolute Gasteiger partial charge is 0.497 e. The summed E-state index contributed by atoms with van der Waals surface area (Å²) in [6.07, 6.45) is 0.249. The highest BCUT2D eigenvalue weighted by Gasteiger charge is 2.12. The van der Waals surface area contributed by atoms with E-state index in [-0.39, 0.29) is 12.3 Å². The molecule has 5 heteroatoms. The van der Waals surface area contributed by atoms with Crippen molar-refractivity contribution in [1.82, 2.24) is 10.2 Å². The summed E-state index contributed by atoms with van der Waals surface area (Å²) >= 11 is 0. The molecule has 0 aliphatic carbocycles. The van der Waals surface area contributed by atoms with E-state index in [1.807, 2.05) is 30.3 Å². The molecule has 0 unspecified atom stereocenters. The first-order valence-electron chi connectivity index (χ1n) is 9.37. The number of benzene rings is 2. The molecule has 0 spiro atoms. The molecule has 2 aromatic rings. The van der Waals surface area contributed by atoms with Gasteiger partial charge in [0.2, 0.25) is 5.91 Å². The minimum absolute atomic E-state index is 0.0424. The van der Waals surface area contributed by atoms with Gasteiger partial charge in [0.1, 0.15) is 11.5 Å². The van der Waals surface area contributed by atoms with Crippen molar-refractivity contribution in [2.75, 3.05) is 27.3 Å². The van der Waals surface area contributed by atoms with Crippen LogP contribution < -0.4 is 14.8 Å². The maximum Gasteiger partial charge on any atom is 0.224 e. The van der Waals surface area contributed by atoms with Crippen molar-refractivity contribution >= 4 is 5.91 Å². The zero-order chi connectivity index (χ0) is 19.6. The Balaban J connectivity index is 2.02. The van der Waals surface area contributed by atoms with Gasteiger partial charge in [-0.05, 0) is 42.4 Å². The van der Waals surface area contributed by atoms with Crippen molar-refractivity contribution in [1.29, 1.82) is 0 Å². The normalized spacial score (nSPS) is 10.7. The zero-order valence-electron chi connectivity index (χ0n) is 16.7. The number of rotatable bonds is 10. The second-order valence-corrected chi connectivity index (χ2v) is 6.36. The molecule has 0 fully saturated rings. The fourth-order valence-electron chi connectivity index (χ4n) is 3.02. The number of nitrogens with zero attached hydrogens (tertiary/aromatic N) is 1. The van der Waals surface area contributed by atoms with Gasteiger partial charge in [-0.15, -0.1) is 0 Å². The van der Waals surface area contributed by atoms with Crippen molar-refractivity contribution in [2.24, 2.45) is 0 Å². The van der Waals surface area contributed by atoms with Gasteiger partial charge in [-0.3, -0.25) is 9.69 Å². The molecule has 0 atom stereocenters. The lowest BCUT2D eigenvalue weighted by atomic mass is 10.1. The fourth-order valence-corrected chi connectivity index (χ4v) is 3.02. The number of hydrogen-bond donors (Lipinski definition) is 1. The number of carbonyl (C=O) groups is 1. The van der Waals surface area contributed by atoms with E-state index in [0.29, 0.717) is 18.0 Å². The van der Waals surface area contributed by atoms with Crippen molar-refractivity contribution in [3.8, 4) is 11.5 Å². The van der Waals surface area contributed by atoms with Crippen LogP contribution in [0.5, 0.6) is 11.5 Å². The second kappa shape index (κ2) is 10.6. The standard InChI is InChI=1S/C22H30N2O3/c1-5-24(6-2)16-18-10-8-7-9-17(18)15-23-22(25)14-19-13-20(26-3)11-12-21(19)27-4/h7-13H,5-6,14-16H2,1-4H3,(H,23,25). The van der Waals surface area contributed by atoms with Gasteiger partial charge < -0.3 is 14.8 Å². The van der Waals surface area contributed by atoms with Crippen LogP contribution in [0, 0.1) is 0 Å². The summed E-state index contributed by atoms with van der Waals surface area (Å²) in [6, 6.07) is 13.7. The summed E-state index contributed by atoms with van der Waals surface area (Å²) in [7, 11) is 3.21. The van der Waals surface area contributed by atoms with E-state index < -0.39 is 0 Å². The summed E-state index contributed by atoms with van der Waals surface area (Å²) in [5.74, 6) is 1.36. The fraction of sp³-hybridized carbons (Fsp3) is 0.409. The molecule has 0 aromatic heterocycles. The summed E-state index contributed by atoms with van der Waals surface area (Å²) in [4.78, 5) is 14.8. The quantitative estimate of drug-likeness (QED) is 0.696. The summed E-state index contributed by atoms with van der Waals surface area (Å²) in [5.41, 5.74) is 3.21. The van der Waals surface area contributed by atoms with Crippen LogP contribution in [-0.4, -0.2) is 38.1 Å². The summed E-state index contributed by atoms with van der Waals surface area (Å²) in [5, 5.41) is 3.03. The van der Waals surface area contributed by atoms with E-state index in [0.717, 1.165) is 30.8 Å². The Hall–Kier alpha value is -2.53. The molecule has 0 aliphatic heterocycles. The van der Waals surface area contributed by atoms with Crippen LogP contribution in [0.25, 0.3) is 0 Å². The number of amides is 1. The Labute approximate surface area is 162 Å². The van der Waals surface area contributed by atoms with Gasteiger partial charge in [0.25, 0.3) is 0 Å². The third-order valence-electron chi connectivity index (χ3n) is 4.72. The minimum atomic E-state index is -0.0424. The van der Waals surface area contributed by atoms with Crippen LogP contribution in [0.4, 0.5) is 0 Å². The Morgan fingerprint density at radius 2 is 1.67 bits per heavy atom. The summed E-state index contributed by atoms with van der Waals surface area (Å²) < 4.78 is 10.6. The Bertz CT molecular complexity index is 742. The molecule has 146 valence electrons. The van der Waals surface area contributed by atoms with Crippen LogP contribution in [0.15, 0.2) is 42.5 Å². The van der Waals surface area contributed by atoms with Crippen LogP contribution in [0.2, 0.25) is 0 Å². The topological polar surface area (TPSA) is 50.8 Å². The SMILES string of the molecule is CCN(CC)Cc1ccccc1CNC(=O)Cc1cc(OC)ccc1OC. The van der Waals surface area contributed by atoms with Gasteiger partial charge in [-0.1, -0.05) is 38.1 Å². The molecule has 0 saturated heterocycles. The lowest BCUT2D eigenvalue weighted by Gasteiger charge is -2.20. The number of carbonyl (C=O) groups excluding carboxylic acids is 1. The molecule has 2 aromatic carbocycles. The molecular formula is C22H30N2O3. The molecular weight excluding hydrogens is 340 g/mol. The molecule has 5 nitrogen and oxygen atoms in total. The molecule has 1 amide bonds. The third-order valence-corrected chi connectivity index (χ3v) is 4.72. The number of ether oxygens (including phenoxy) is 2. The number of hydrogen-bond acceptors (Lipinski definition) is 4. The van der Waals surface area contributed by atoms with Gasteiger partial charge >= 0.3 is 0 Å². The van der Waals surface area contributed by atoms with E-state index in [9.17, 15) is 4.79 Å². The highest BCUT2D eigenvalue weighted by Crippen LogP contribution is 2.24. The van der Waals surface area contributed by atoms with Gasteiger partial charge in [0, 0.05) is 18.7 Å². The van der Waals surface area contributed by atoms with Gasteiger partial charge in [-0.2, -0.15) is 0 Å². The van der Waals surface area contributed by atoms with Crippen LogP contribution >= 0.6 is 0 Å². The van der Waals surface area contributed by atoms with Gasteiger partial charge in [-0.25, -0.2) is 0 Å². The lowest BCUT2D eigenvalue weighted by Crippen LogP contribution is -2.27. The maximum absolute atomic E-state index is 12.5. The van der Waals surface area contributed by atoms with Crippen molar-refractivity contribution in [3.63, 3.8) is 0 Å². The molecule has 1 N–H and O–H groups in total. The predicted octanol–water partition coefficient (Wildman–Crippen LogP) is 3.40. The number of nitrogens with one attached hydrogen (secondary N) is 1. The molecule has 2 rings (SSSR count). The van der Waals surface area contributed by atoms with Crippen molar-refractivity contribution < 1.29 is 14.3 Å². The Morgan fingerprint density at radius 3 is 2.30 bits per heavy atom. The lowest BCUT2D eigenvalue weighted by molar-refractivity contribution is -0.120. The number of methoxy groups -OCH3 is 2. The molecule has 0 saturated carbocycles. The highest BCUT2D eigenvalue weighted by molar-refractivity contribution is 5.79. The van der Waals surface area contributed by atoms with Crippen LogP contribution in [0.1, 0.15) is 30.5 Å². The maximum atomic E-state index is 12.5. The molecule has 0 radical (unpaired) electrons. The van der Waals surface area contributed by atoms with Crippen LogP contribution in [0.3, 0.4) is 0 Å². The smallest absolute Gasteiger partial charge is 0.224 e. The van der Waals surface area contributed by atoms with E-state index in [2.05, 4.69) is 36.2 Å². The van der Waals surface area contributed by atoms with Crippen molar-refractivity contribution in [2.45, 2.75) is 33.4 Å². The third kappa shape index (κ3) is 6.00. The molecule has 0 aliphatic rings. The Kier molecular flexibility index (Phi) is 8.14. The molecule has 0 heterocycles. The minimum Gasteiger partial charge on any atom is -0.497 e. The second-order valence-electron chi connectivity index (χ2n) is 6.36. The van der Waals surface area contributed by atoms with Gasteiger partial charge in [0.15, 0.2) is 0 Å². The summed E-state index contributed by atoms with van der Waals surface area (Å²) in [6.45, 7) is 7.75. The first-order chi connectivity index (χ1) is 13.1. The van der Waals surface area contributed by atoms with Crippen LogP contribution in [-0.2, 0) is 24.3 Å². The molecule has 27 heavy (non-hydrogen) atoms. The highest BCUT2D eigenvalue weighted by atomic mass is 16.5. The van der Waals surface area contributed by atoms with E-state index in [4.69, 9.17) is 9.47 Å².